The molecule has 0 saturated heterocycles. The molecule has 1 aromatic carbocycles. The highest BCUT2D eigenvalue weighted by Crippen LogP contribution is 2.35. The van der Waals surface area contributed by atoms with Gasteiger partial charge in [-0.25, -0.2) is 0 Å². The molecular weight excluding hydrogens is 200 g/mol. The zero-order chi connectivity index (χ0) is 11.0. The Balaban J connectivity index is 1.66. The zero-order valence-electron chi connectivity index (χ0n) is 9.43. The Bertz CT molecular complexity index is 354. The SMILES string of the molecule is OC1CCC(c2ccc(OC3CC3)cc2)C1. The predicted molar refractivity (Wildman–Crippen MR) is 62.7 cm³/mol. The van der Waals surface area contributed by atoms with Crippen LogP contribution in [0.4, 0.5) is 0 Å². The van der Waals surface area contributed by atoms with E-state index < -0.39 is 0 Å². The van der Waals surface area contributed by atoms with Crippen molar-refractivity contribution in [3.63, 3.8) is 0 Å². The van der Waals surface area contributed by atoms with Gasteiger partial charge in [0.1, 0.15) is 5.75 Å². The van der Waals surface area contributed by atoms with Crippen molar-refractivity contribution in [2.45, 2.75) is 50.2 Å². The molecule has 0 heterocycles. The van der Waals surface area contributed by atoms with Gasteiger partial charge in [0, 0.05) is 0 Å². The lowest BCUT2D eigenvalue weighted by molar-refractivity contribution is 0.181. The highest BCUT2D eigenvalue weighted by Gasteiger charge is 2.25. The second kappa shape index (κ2) is 4.10. The van der Waals surface area contributed by atoms with Gasteiger partial charge in [-0.05, 0) is 55.7 Å². The van der Waals surface area contributed by atoms with E-state index in [1.54, 1.807) is 0 Å². The van der Waals surface area contributed by atoms with Crippen LogP contribution in [0.2, 0.25) is 0 Å². The van der Waals surface area contributed by atoms with Crippen LogP contribution in [0.3, 0.4) is 0 Å². The predicted octanol–water partition coefficient (Wildman–Crippen LogP) is 2.86. The van der Waals surface area contributed by atoms with Crippen molar-refractivity contribution in [3.05, 3.63) is 29.8 Å². The molecule has 2 nitrogen and oxygen atoms in total. The molecule has 0 spiro atoms. The van der Waals surface area contributed by atoms with E-state index in [0.717, 1.165) is 25.0 Å². The molecule has 2 aliphatic rings. The van der Waals surface area contributed by atoms with Crippen LogP contribution in [-0.2, 0) is 0 Å². The Morgan fingerprint density at radius 1 is 1.00 bits per heavy atom. The van der Waals surface area contributed by atoms with Crippen molar-refractivity contribution in [1.29, 1.82) is 0 Å². The average molecular weight is 218 g/mol. The van der Waals surface area contributed by atoms with Crippen molar-refractivity contribution in [3.8, 4) is 5.75 Å². The van der Waals surface area contributed by atoms with E-state index in [2.05, 4.69) is 24.3 Å². The van der Waals surface area contributed by atoms with E-state index in [1.807, 2.05) is 0 Å². The lowest BCUT2D eigenvalue weighted by Crippen LogP contribution is -2.00. The second-order valence-electron chi connectivity index (χ2n) is 5.05. The van der Waals surface area contributed by atoms with Gasteiger partial charge in [-0.1, -0.05) is 12.1 Å². The molecule has 0 aliphatic heterocycles. The summed E-state index contributed by atoms with van der Waals surface area (Å²) in [5.41, 5.74) is 1.35. The van der Waals surface area contributed by atoms with Crippen LogP contribution >= 0.6 is 0 Å². The first-order valence-corrected chi connectivity index (χ1v) is 6.26. The first-order valence-electron chi connectivity index (χ1n) is 6.26. The Morgan fingerprint density at radius 3 is 2.31 bits per heavy atom. The summed E-state index contributed by atoms with van der Waals surface area (Å²) in [6.45, 7) is 0. The lowest BCUT2D eigenvalue weighted by Gasteiger charge is -2.11. The van der Waals surface area contributed by atoms with Gasteiger partial charge in [-0.15, -0.1) is 0 Å². The minimum atomic E-state index is -0.0904. The molecule has 3 rings (SSSR count). The van der Waals surface area contributed by atoms with E-state index in [9.17, 15) is 5.11 Å². The van der Waals surface area contributed by atoms with Crippen molar-refractivity contribution in [1.82, 2.24) is 0 Å². The summed E-state index contributed by atoms with van der Waals surface area (Å²) < 4.78 is 5.71. The molecule has 2 fully saturated rings. The van der Waals surface area contributed by atoms with Crippen molar-refractivity contribution in [2.24, 2.45) is 0 Å². The number of hydrogen-bond acceptors (Lipinski definition) is 2. The Morgan fingerprint density at radius 2 is 1.75 bits per heavy atom. The first kappa shape index (κ1) is 10.2. The summed E-state index contributed by atoms with van der Waals surface area (Å²) in [4.78, 5) is 0. The molecule has 0 aromatic heterocycles. The van der Waals surface area contributed by atoms with Crippen molar-refractivity contribution < 1.29 is 9.84 Å². The smallest absolute Gasteiger partial charge is 0.119 e. The number of ether oxygens (including phenoxy) is 1. The largest absolute Gasteiger partial charge is 0.490 e. The molecule has 2 atom stereocenters. The van der Waals surface area contributed by atoms with E-state index in [0.29, 0.717) is 12.0 Å². The number of rotatable bonds is 3. The minimum absolute atomic E-state index is 0.0904. The molecule has 86 valence electrons. The average Bonchev–Trinajstić information content (AvgIpc) is 3.00. The highest BCUT2D eigenvalue weighted by molar-refractivity contribution is 5.30. The van der Waals surface area contributed by atoms with Crippen LogP contribution in [0.25, 0.3) is 0 Å². The molecular formula is C14H18O2. The fraction of sp³-hybridized carbons (Fsp3) is 0.571. The van der Waals surface area contributed by atoms with Gasteiger partial charge in [0.25, 0.3) is 0 Å². The summed E-state index contributed by atoms with van der Waals surface area (Å²) >= 11 is 0. The third-order valence-electron chi connectivity index (χ3n) is 3.58. The van der Waals surface area contributed by atoms with Gasteiger partial charge in [0.15, 0.2) is 0 Å². The summed E-state index contributed by atoms with van der Waals surface area (Å²) in [7, 11) is 0. The quantitative estimate of drug-likeness (QED) is 0.845. The molecule has 16 heavy (non-hydrogen) atoms. The van der Waals surface area contributed by atoms with Gasteiger partial charge in [0.05, 0.1) is 12.2 Å². The summed E-state index contributed by atoms with van der Waals surface area (Å²) in [5.74, 6) is 1.54. The zero-order valence-corrected chi connectivity index (χ0v) is 9.43. The number of aliphatic hydroxyl groups excluding tert-OH is 1. The van der Waals surface area contributed by atoms with Crippen molar-refractivity contribution >= 4 is 0 Å². The minimum Gasteiger partial charge on any atom is -0.490 e. The Labute approximate surface area is 96.2 Å². The normalized spacial score (nSPS) is 29.3. The fourth-order valence-electron chi connectivity index (χ4n) is 2.46. The van der Waals surface area contributed by atoms with Crippen molar-refractivity contribution in [2.75, 3.05) is 0 Å². The van der Waals surface area contributed by atoms with E-state index in [4.69, 9.17) is 4.74 Å². The third kappa shape index (κ3) is 2.22. The second-order valence-corrected chi connectivity index (χ2v) is 5.05. The van der Waals surface area contributed by atoms with Crippen LogP contribution in [0, 0.1) is 0 Å². The maximum absolute atomic E-state index is 9.52. The Kier molecular flexibility index (Phi) is 2.60. The van der Waals surface area contributed by atoms with Gasteiger partial charge in [0.2, 0.25) is 0 Å². The van der Waals surface area contributed by atoms with Crippen LogP contribution in [-0.4, -0.2) is 17.3 Å². The maximum atomic E-state index is 9.52. The topological polar surface area (TPSA) is 29.5 Å². The molecule has 2 unspecified atom stereocenters. The van der Waals surface area contributed by atoms with Gasteiger partial charge >= 0.3 is 0 Å². The lowest BCUT2D eigenvalue weighted by atomic mass is 9.98. The number of benzene rings is 1. The van der Waals surface area contributed by atoms with Crippen LogP contribution in [0.5, 0.6) is 5.75 Å². The van der Waals surface area contributed by atoms with Gasteiger partial charge in [-0.3, -0.25) is 0 Å². The molecule has 0 amide bonds. The molecule has 2 heteroatoms. The molecule has 0 radical (unpaired) electrons. The Hall–Kier alpha value is -1.02. The summed E-state index contributed by atoms with van der Waals surface area (Å²) in [5, 5.41) is 9.52. The third-order valence-corrected chi connectivity index (χ3v) is 3.58. The monoisotopic (exact) mass is 218 g/mol. The fourth-order valence-corrected chi connectivity index (χ4v) is 2.46. The van der Waals surface area contributed by atoms with E-state index >= 15 is 0 Å². The molecule has 2 aliphatic carbocycles. The number of aliphatic hydroxyl groups is 1. The van der Waals surface area contributed by atoms with Crippen LogP contribution in [0.15, 0.2) is 24.3 Å². The van der Waals surface area contributed by atoms with Crippen LogP contribution < -0.4 is 4.74 Å². The molecule has 2 saturated carbocycles. The molecule has 1 aromatic rings. The molecule has 0 bridgehead atoms. The van der Waals surface area contributed by atoms with E-state index in [1.165, 1.54) is 18.4 Å². The molecule has 1 N–H and O–H groups in total. The standard InChI is InChI=1S/C14H18O2/c15-12-4-1-11(9-12)10-2-5-13(6-3-10)16-14-7-8-14/h2-3,5-6,11-12,14-15H,1,4,7-9H2. The van der Waals surface area contributed by atoms with Gasteiger partial charge in [-0.2, -0.15) is 0 Å². The summed E-state index contributed by atoms with van der Waals surface area (Å²) in [6, 6.07) is 8.44. The van der Waals surface area contributed by atoms with E-state index in [-0.39, 0.29) is 6.10 Å². The summed E-state index contributed by atoms with van der Waals surface area (Å²) in [6.07, 6.45) is 5.77. The maximum Gasteiger partial charge on any atom is 0.119 e. The van der Waals surface area contributed by atoms with Gasteiger partial charge < -0.3 is 9.84 Å². The highest BCUT2D eigenvalue weighted by atomic mass is 16.5. The van der Waals surface area contributed by atoms with Crippen LogP contribution in [0.1, 0.15) is 43.6 Å². The first-order chi connectivity index (χ1) is 7.81. The number of hydrogen-bond donors (Lipinski definition) is 1.